The molecular formula is C75H82N8O23S4. The van der Waals surface area contributed by atoms with Gasteiger partial charge in [-0.15, -0.1) is 0 Å². The SMILES string of the molecule is CC[C@]1(OC(=O)OCCSSC[C@@H](NC(C)=O)C(=O)N[C@@H](CCCCNC(=O)[C@@H](CSSCCOC(=O)O[C@]2(CC)C(=O)OCc3c2cc2n(c3=O)Cc3cc4ccccc4nc3-2)NC(C)=O)C(=O)C[C@@H](CCC(=O)O)C(=O)C[C@@H](CCC(=O)O)C(C)=O)C(=O)OCc2c1cc1n(c2=O)Cc2cc3ccccc3nc2-1. The summed E-state index contributed by atoms with van der Waals surface area (Å²) in [6.07, 6.45) is -5.17. The number of carbonyl (C=O) groups is 13. The van der Waals surface area contributed by atoms with Crippen LogP contribution in [-0.4, -0.2) is 167 Å². The molecule has 4 aliphatic rings. The van der Waals surface area contributed by atoms with Crippen molar-refractivity contribution in [2.75, 3.05) is 42.8 Å². The molecule has 584 valence electrons. The van der Waals surface area contributed by atoms with Gasteiger partial charge in [0.15, 0.2) is 5.78 Å². The molecule has 0 fully saturated rings. The zero-order chi connectivity index (χ0) is 79.1. The molecule has 35 heteroatoms. The lowest BCUT2D eigenvalue weighted by atomic mass is 9.83. The van der Waals surface area contributed by atoms with Gasteiger partial charge in [0.1, 0.15) is 50.1 Å². The molecule has 0 bridgehead atoms. The predicted molar refractivity (Wildman–Crippen MR) is 404 cm³/mol. The number of amides is 4. The summed E-state index contributed by atoms with van der Waals surface area (Å²) in [6.45, 7) is 5.99. The predicted octanol–water partition coefficient (Wildman–Crippen LogP) is 7.51. The number of esters is 2. The van der Waals surface area contributed by atoms with Gasteiger partial charge in [0.2, 0.25) is 34.8 Å². The molecular weight excluding hydrogens is 1510 g/mol. The molecule has 0 unspecified atom stereocenters. The average Bonchev–Trinajstić information content (AvgIpc) is 1.46. The first kappa shape index (κ1) is 82.4. The van der Waals surface area contributed by atoms with E-state index in [0.29, 0.717) is 33.8 Å². The van der Waals surface area contributed by atoms with Crippen molar-refractivity contribution in [2.45, 2.75) is 161 Å². The molecule has 0 saturated heterocycles. The van der Waals surface area contributed by atoms with Crippen LogP contribution in [0.4, 0.5) is 9.59 Å². The van der Waals surface area contributed by atoms with Gasteiger partial charge < -0.3 is 69.0 Å². The highest BCUT2D eigenvalue weighted by molar-refractivity contribution is 8.77. The Morgan fingerprint density at radius 1 is 0.555 bits per heavy atom. The molecule has 110 heavy (non-hydrogen) atoms. The van der Waals surface area contributed by atoms with Gasteiger partial charge >= 0.3 is 36.2 Å². The molecule has 4 aliphatic heterocycles. The summed E-state index contributed by atoms with van der Waals surface area (Å²) >= 11 is 0. The molecule has 2 aromatic carbocycles. The van der Waals surface area contributed by atoms with Crippen molar-refractivity contribution in [1.29, 1.82) is 0 Å². The number of pyridine rings is 4. The van der Waals surface area contributed by atoms with E-state index in [1.165, 1.54) is 29.2 Å². The molecule has 4 aromatic heterocycles. The van der Waals surface area contributed by atoms with E-state index >= 15 is 0 Å². The van der Waals surface area contributed by atoms with Crippen molar-refractivity contribution in [2.24, 2.45) is 11.8 Å². The quantitative estimate of drug-likeness (QED) is 0.00939. The number of nitrogens with one attached hydrogen (secondary N) is 4. The van der Waals surface area contributed by atoms with Gasteiger partial charge in [-0.2, -0.15) is 0 Å². The summed E-state index contributed by atoms with van der Waals surface area (Å²) in [5, 5.41) is 31.3. The number of aliphatic carboxylic acids is 2. The lowest BCUT2D eigenvalue weighted by molar-refractivity contribution is -0.175. The van der Waals surface area contributed by atoms with Crippen LogP contribution in [0.3, 0.4) is 0 Å². The number of ketones is 3. The highest BCUT2D eigenvalue weighted by atomic mass is 33.1. The van der Waals surface area contributed by atoms with Crippen molar-refractivity contribution in [3.8, 4) is 22.8 Å². The monoisotopic (exact) mass is 1590 g/mol. The Hall–Kier alpha value is -10.1. The van der Waals surface area contributed by atoms with E-state index in [1.807, 2.05) is 60.7 Å². The second-order valence-electron chi connectivity index (χ2n) is 26.7. The topological polar surface area (TPSA) is 436 Å². The number of para-hydroxylation sites is 2. The van der Waals surface area contributed by atoms with Gasteiger partial charge in [-0.05, 0) is 88.3 Å². The van der Waals surface area contributed by atoms with Crippen LogP contribution in [0.2, 0.25) is 0 Å². The minimum Gasteiger partial charge on any atom is -0.481 e. The van der Waals surface area contributed by atoms with Crippen LogP contribution in [0.1, 0.15) is 139 Å². The summed E-state index contributed by atoms with van der Waals surface area (Å²) in [6, 6.07) is 18.3. The van der Waals surface area contributed by atoms with E-state index in [4.69, 9.17) is 38.4 Å². The number of aromatic nitrogens is 4. The molecule has 31 nitrogen and oxygen atoms in total. The molecule has 0 saturated carbocycles. The number of nitrogens with zero attached hydrogens (tertiary/aromatic N) is 4. The standard InChI is InChI=1S/C75H82N8O23S4/c1-6-74(51-32-58-64-47(28-44-14-8-10-16-53(44)79-64)34-82(58)68(95)49(51)36-103-70(74)97)105-72(99)101-24-26-107-109-38-56(77-41(4)85)66(93)76-23-13-12-18-55(61(88)31-46(20-22-63(91)92)60(87)30-43(40(3)84)19-21-62(89)90)81-67(94)57(78-42(5)86)39-110-108-27-25-102-73(100)106-75(7-2)52-33-59-65-48(29-45-15-9-11-17-54(45)80-65)35-83(59)69(96)50(52)37-104-71(75)98/h8-11,14-17,28-29,32-33,43,46,55-57H,6-7,12-13,18-27,30-31,34-39H2,1-5H3,(H,76,93)(H,77,85)(H,78,86)(H,81,94)(H,89,90)(H,91,92)/t43-,46-,55+,56-,57-,74+,75-/m1/s1. The van der Waals surface area contributed by atoms with Crippen LogP contribution in [0.25, 0.3) is 44.6 Å². The summed E-state index contributed by atoms with van der Waals surface area (Å²) < 4.78 is 36.3. The van der Waals surface area contributed by atoms with Crippen molar-refractivity contribution >= 4 is 142 Å². The average molecular weight is 1590 g/mol. The highest BCUT2D eigenvalue weighted by Crippen LogP contribution is 2.44. The minimum absolute atomic E-state index is 0.0195. The summed E-state index contributed by atoms with van der Waals surface area (Å²) in [4.78, 5) is 209. The van der Waals surface area contributed by atoms with E-state index in [-0.39, 0.29) is 136 Å². The molecule has 4 amide bonds. The van der Waals surface area contributed by atoms with E-state index in [0.717, 1.165) is 61.2 Å². The third-order valence-electron chi connectivity index (χ3n) is 19.3. The third-order valence-corrected chi connectivity index (χ3v) is 24.1. The number of ether oxygens (including phenoxy) is 6. The first-order valence-corrected chi connectivity index (χ1v) is 40.6. The van der Waals surface area contributed by atoms with Crippen LogP contribution < -0.4 is 32.4 Å². The number of fused-ring (bicyclic) bond motifs is 10. The van der Waals surface area contributed by atoms with Crippen molar-refractivity contribution in [1.82, 2.24) is 40.4 Å². The molecule has 0 aliphatic carbocycles. The second kappa shape index (κ2) is 37.1. The Morgan fingerprint density at radius 3 is 1.46 bits per heavy atom. The number of hydrogen-bond acceptors (Lipinski definition) is 27. The molecule has 10 rings (SSSR count). The van der Waals surface area contributed by atoms with E-state index in [2.05, 4.69) is 21.3 Å². The maximum atomic E-state index is 14.5. The van der Waals surface area contributed by atoms with Gasteiger partial charge in [0.25, 0.3) is 11.1 Å². The maximum Gasteiger partial charge on any atom is 0.509 e. The van der Waals surface area contributed by atoms with E-state index < -0.39 is 155 Å². The maximum absolute atomic E-state index is 14.5. The Bertz CT molecular complexity index is 4780. The minimum atomic E-state index is -2.06. The van der Waals surface area contributed by atoms with Crippen molar-refractivity contribution < 1.29 is 101 Å². The summed E-state index contributed by atoms with van der Waals surface area (Å²) in [5.74, 6) is -11.0. The number of unbranched alkanes of at least 4 members (excludes halogenated alkanes) is 1. The number of hydrogen-bond donors (Lipinski definition) is 6. The number of rotatable bonds is 39. The van der Waals surface area contributed by atoms with Gasteiger partial charge in [-0.1, -0.05) is 93.4 Å². The van der Waals surface area contributed by atoms with Crippen LogP contribution in [-0.2, 0) is 119 Å². The van der Waals surface area contributed by atoms with Crippen LogP contribution in [0.5, 0.6) is 0 Å². The number of carboxylic acids is 2. The second-order valence-corrected chi connectivity index (χ2v) is 32.0. The highest BCUT2D eigenvalue weighted by Gasteiger charge is 2.53. The van der Waals surface area contributed by atoms with Gasteiger partial charge in [0, 0.05) is 114 Å². The smallest absolute Gasteiger partial charge is 0.481 e. The summed E-state index contributed by atoms with van der Waals surface area (Å²) in [5.41, 5.74) is 0.617. The molecule has 8 heterocycles. The first-order chi connectivity index (χ1) is 52.6. The van der Waals surface area contributed by atoms with Crippen LogP contribution >= 0.6 is 43.2 Å². The Kier molecular flexibility index (Phi) is 27.7. The fourth-order valence-electron chi connectivity index (χ4n) is 13.6. The van der Waals surface area contributed by atoms with E-state index in [1.54, 1.807) is 30.5 Å². The fourth-order valence-corrected chi connectivity index (χ4v) is 17.6. The van der Waals surface area contributed by atoms with E-state index in [9.17, 15) is 82.1 Å². The Morgan fingerprint density at radius 2 is 1.01 bits per heavy atom. The Labute approximate surface area is 645 Å². The molecule has 6 N–H and O–H groups in total. The van der Waals surface area contributed by atoms with Crippen LogP contribution in [0.15, 0.2) is 82.4 Å². The lowest BCUT2D eigenvalue weighted by Crippen LogP contribution is -2.52. The first-order valence-electron chi connectivity index (χ1n) is 35.6. The summed E-state index contributed by atoms with van der Waals surface area (Å²) in [7, 11) is 4.53. The van der Waals surface area contributed by atoms with Crippen LogP contribution in [0, 0.1) is 11.8 Å². The molecule has 7 atom stereocenters. The third kappa shape index (κ3) is 19.3. The van der Waals surface area contributed by atoms with Crippen molar-refractivity contribution in [3.05, 3.63) is 127 Å². The number of cyclic esters (lactones) is 2. The largest absolute Gasteiger partial charge is 0.509 e. The van der Waals surface area contributed by atoms with Crippen molar-refractivity contribution in [3.63, 3.8) is 0 Å². The zero-order valence-electron chi connectivity index (χ0n) is 60.8. The molecule has 6 aromatic rings. The number of Topliss-reactive ketones (excluding diaryl/α,β-unsaturated/α-hetero) is 3. The number of carboxylic acid groups (broad SMARTS) is 2. The fraction of sp³-hybridized carbons (Fsp3) is 0.453. The van der Waals surface area contributed by atoms with Gasteiger partial charge in [0.05, 0.1) is 64.1 Å². The lowest BCUT2D eigenvalue weighted by Gasteiger charge is -2.35. The van der Waals surface area contributed by atoms with Gasteiger partial charge in [-0.25, -0.2) is 29.1 Å². The molecule has 0 radical (unpaired) electrons. The van der Waals surface area contributed by atoms with Gasteiger partial charge in [-0.3, -0.25) is 52.7 Å². The normalized spacial score (nSPS) is 17.0. The zero-order valence-corrected chi connectivity index (χ0v) is 64.0. The number of benzene rings is 2. The number of carbonyl (C=O) groups excluding carboxylic acids is 11. The Balaban J connectivity index is 0.725. The molecule has 0 spiro atoms.